The Morgan fingerprint density at radius 1 is 0.909 bits per heavy atom. The lowest BCUT2D eigenvalue weighted by atomic mass is 10.1. The number of rotatable bonds is 4. The number of benzene rings is 2. The van der Waals surface area contributed by atoms with Crippen molar-refractivity contribution in [1.29, 1.82) is 0 Å². The second-order valence-electron chi connectivity index (χ2n) is 5.20. The van der Waals surface area contributed by atoms with Gasteiger partial charge < -0.3 is 4.74 Å². The largest absolute Gasteiger partial charge is 0.497 e. The van der Waals surface area contributed by atoms with E-state index in [9.17, 15) is 0 Å². The average molecular weight is 373 g/mol. The van der Waals surface area contributed by atoms with Crippen molar-refractivity contribution in [3.05, 3.63) is 76.7 Å². The van der Waals surface area contributed by atoms with Gasteiger partial charge in [0, 0.05) is 9.75 Å². The van der Waals surface area contributed by atoms with E-state index in [4.69, 9.17) is 4.74 Å². The minimum absolute atomic E-state index is 0.241. The highest BCUT2D eigenvalue weighted by molar-refractivity contribution is 9.09. The first kappa shape index (κ1) is 15.3. The Bertz CT molecular complexity index is 744. The van der Waals surface area contributed by atoms with E-state index in [0.29, 0.717) is 0 Å². The Balaban J connectivity index is 1.84. The molecule has 0 saturated heterocycles. The molecule has 1 atom stereocenters. The lowest BCUT2D eigenvalue weighted by Gasteiger charge is -2.08. The third kappa shape index (κ3) is 3.26. The van der Waals surface area contributed by atoms with Crippen LogP contribution < -0.4 is 4.74 Å². The fraction of sp³-hybridized carbons (Fsp3) is 0.158. The number of alkyl halides is 1. The SMILES string of the molecule is COc1ccc(-c2ccc(C(Br)c3ccc(C)cc3)s2)cc1. The third-order valence-corrected chi connectivity index (χ3v) is 6.15. The quantitative estimate of drug-likeness (QED) is 0.494. The maximum Gasteiger partial charge on any atom is 0.118 e. The van der Waals surface area contributed by atoms with Crippen molar-refractivity contribution in [3.63, 3.8) is 0 Å². The summed E-state index contributed by atoms with van der Waals surface area (Å²) in [6, 6.07) is 21.3. The Morgan fingerprint density at radius 2 is 1.59 bits per heavy atom. The number of methoxy groups -OCH3 is 1. The fourth-order valence-corrected chi connectivity index (χ4v) is 4.06. The molecule has 0 radical (unpaired) electrons. The van der Waals surface area contributed by atoms with Gasteiger partial charge in [-0.15, -0.1) is 11.3 Å². The molecule has 1 nitrogen and oxygen atoms in total. The number of aryl methyl sites for hydroxylation is 1. The normalized spacial score (nSPS) is 12.1. The highest BCUT2D eigenvalue weighted by atomic mass is 79.9. The van der Waals surface area contributed by atoms with Crippen LogP contribution in [0, 0.1) is 6.92 Å². The van der Waals surface area contributed by atoms with Crippen molar-refractivity contribution in [2.45, 2.75) is 11.8 Å². The summed E-state index contributed by atoms with van der Waals surface area (Å²) in [6.07, 6.45) is 0. The zero-order chi connectivity index (χ0) is 15.5. The number of hydrogen-bond donors (Lipinski definition) is 0. The Labute approximate surface area is 143 Å². The summed E-state index contributed by atoms with van der Waals surface area (Å²) in [5.41, 5.74) is 3.79. The van der Waals surface area contributed by atoms with Crippen molar-refractivity contribution in [2.24, 2.45) is 0 Å². The molecule has 1 heterocycles. The van der Waals surface area contributed by atoms with E-state index in [-0.39, 0.29) is 4.83 Å². The molecular weight excluding hydrogens is 356 g/mol. The Morgan fingerprint density at radius 3 is 2.23 bits per heavy atom. The standard InChI is InChI=1S/C19H17BrOS/c1-13-3-5-15(6-4-13)19(20)18-12-11-17(22-18)14-7-9-16(21-2)10-8-14/h3-12,19H,1-2H3. The van der Waals surface area contributed by atoms with E-state index in [1.54, 1.807) is 7.11 Å². The summed E-state index contributed by atoms with van der Waals surface area (Å²) in [7, 11) is 1.69. The van der Waals surface area contributed by atoms with Gasteiger partial charge >= 0.3 is 0 Å². The van der Waals surface area contributed by atoms with Crippen molar-refractivity contribution in [3.8, 4) is 16.2 Å². The van der Waals surface area contributed by atoms with E-state index in [2.05, 4.69) is 71.4 Å². The topological polar surface area (TPSA) is 9.23 Å². The first-order valence-electron chi connectivity index (χ1n) is 7.12. The molecule has 0 aliphatic carbocycles. The smallest absolute Gasteiger partial charge is 0.118 e. The minimum atomic E-state index is 0.241. The van der Waals surface area contributed by atoms with E-state index in [1.165, 1.54) is 26.4 Å². The minimum Gasteiger partial charge on any atom is -0.497 e. The molecule has 0 amide bonds. The van der Waals surface area contributed by atoms with Gasteiger partial charge in [0.1, 0.15) is 5.75 Å². The van der Waals surface area contributed by atoms with Gasteiger partial charge in [0.05, 0.1) is 11.9 Å². The van der Waals surface area contributed by atoms with Gasteiger partial charge in [0.2, 0.25) is 0 Å². The van der Waals surface area contributed by atoms with E-state index in [0.717, 1.165) is 5.75 Å². The Hall–Kier alpha value is -1.58. The molecular formula is C19H17BrOS. The lowest BCUT2D eigenvalue weighted by Crippen LogP contribution is -1.88. The first-order chi connectivity index (χ1) is 10.7. The predicted octanol–water partition coefficient (Wildman–Crippen LogP) is 6.22. The summed E-state index contributed by atoms with van der Waals surface area (Å²) in [4.78, 5) is 2.83. The van der Waals surface area contributed by atoms with Crippen LogP contribution in [0.15, 0.2) is 60.7 Å². The summed E-state index contributed by atoms with van der Waals surface area (Å²) in [5, 5.41) is 0. The van der Waals surface area contributed by atoms with Crippen molar-refractivity contribution >= 4 is 27.3 Å². The zero-order valence-corrected chi connectivity index (χ0v) is 14.9. The second-order valence-corrected chi connectivity index (χ2v) is 7.23. The summed E-state index contributed by atoms with van der Waals surface area (Å²) in [6.45, 7) is 2.11. The maximum absolute atomic E-state index is 5.21. The number of thiophene rings is 1. The van der Waals surface area contributed by atoms with E-state index in [1.807, 2.05) is 23.5 Å². The van der Waals surface area contributed by atoms with Crippen molar-refractivity contribution in [1.82, 2.24) is 0 Å². The molecule has 112 valence electrons. The monoisotopic (exact) mass is 372 g/mol. The summed E-state index contributed by atoms with van der Waals surface area (Å²) < 4.78 is 5.21. The molecule has 2 aromatic carbocycles. The van der Waals surface area contributed by atoms with Crippen molar-refractivity contribution < 1.29 is 4.74 Å². The number of hydrogen-bond acceptors (Lipinski definition) is 2. The molecule has 1 aromatic heterocycles. The van der Waals surface area contributed by atoms with Crippen LogP contribution in [-0.2, 0) is 0 Å². The van der Waals surface area contributed by atoms with E-state index >= 15 is 0 Å². The van der Waals surface area contributed by atoms with Gasteiger partial charge in [-0.25, -0.2) is 0 Å². The predicted molar refractivity (Wildman–Crippen MR) is 98.3 cm³/mol. The second kappa shape index (κ2) is 6.67. The van der Waals surface area contributed by atoms with Gasteiger partial charge in [-0.1, -0.05) is 45.8 Å². The van der Waals surface area contributed by atoms with Crippen LogP contribution in [0.2, 0.25) is 0 Å². The molecule has 1 unspecified atom stereocenters. The molecule has 0 bridgehead atoms. The number of halogens is 1. The molecule has 0 spiro atoms. The third-order valence-electron chi connectivity index (χ3n) is 3.62. The first-order valence-corrected chi connectivity index (χ1v) is 8.85. The highest BCUT2D eigenvalue weighted by Crippen LogP contribution is 2.38. The van der Waals surface area contributed by atoms with Crippen LogP contribution in [0.5, 0.6) is 5.75 Å². The van der Waals surface area contributed by atoms with E-state index < -0.39 is 0 Å². The lowest BCUT2D eigenvalue weighted by molar-refractivity contribution is 0.415. The number of ether oxygens (including phenoxy) is 1. The molecule has 22 heavy (non-hydrogen) atoms. The molecule has 3 rings (SSSR count). The van der Waals surface area contributed by atoms with Gasteiger partial charge in [-0.05, 0) is 54.4 Å². The van der Waals surface area contributed by atoms with Crippen molar-refractivity contribution in [2.75, 3.05) is 7.11 Å². The average Bonchev–Trinajstić information content (AvgIpc) is 3.05. The summed E-state index contributed by atoms with van der Waals surface area (Å²) >= 11 is 5.64. The zero-order valence-electron chi connectivity index (χ0n) is 12.5. The van der Waals surface area contributed by atoms with Crippen LogP contribution in [0.1, 0.15) is 20.8 Å². The van der Waals surface area contributed by atoms with Crippen LogP contribution in [0.4, 0.5) is 0 Å². The molecule has 0 aliphatic rings. The van der Waals surface area contributed by atoms with Crippen LogP contribution in [0.3, 0.4) is 0 Å². The van der Waals surface area contributed by atoms with Crippen LogP contribution in [-0.4, -0.2) is 7.11 Å². The molecule has 0 aliphatic heterocycles. The van der Waals surface area contributed by atoms with Gasteiger partial charge in [-0.3, -0.25) is 0 Å². The summed E-state index contributed by atoms with van der Waals surface area (Å²) in [5.74, 6) is 0.888. The van der Waals surface area contributed by atoms with Gasteiger partial charge in [-0.2, -0.15) is 0 Å². The highest BCUT2D eigenvalue weighted by Gasteiger charge is 2.13. The van der Waals surface area contributed by atoms with Crippen LogP contribution >= 0.6 is 27.3 Å². The molecule has 0 fully saturated rings. The van der Waals surface area contributed by atoms with Gasteiger partial charge in [0.25, 0.3) is 0 Å². The molecule has 3 heteroatoms. The maximum atomic E-state index is 5.21. The van der Waals surface area contributed by atoms with Gasteiger partial charge in [0.15, 0.2) is 0 Å². The molecule has 0 N–H and O–H groups in total. The molecule has 0 saturated carbocycles. The van der Waals surface area contributed by atoms with Crippen LogP contribution in [0.25, 0.3) is 10.4 Å². The molecule has 3 aromatic rings. The Kier molecular flexibility index (Phi) is 4.65. The fourth-order valence-electron chi connectivity index (χ4n) is 2.30.